The SMILES string of the molecule is CCC(CC)(CP(=O)(O)O)OCCOCCOc1ccc(CCc2cnc3c(N)nc4cc(C)ccc4c3c2)c(C)c1. The van der Waals surface area contributed by atoms with E-state index in [-0.39, 0.29) is 12.8 Å². The van der Waals surface area contributed by atoms with E-state index >= 15 is 0 Å². The summed E-state index contributed by atoms with van der Waals surface area (Å²) in [7, 11) is -4.16. The van der Waals surface area contributed by atoms with Gasteiger partial charge >= 0.3 is 7.60 Å². The lowest BCUT2D eigenvalue weighted by atomic mass is 9.99. The first-order valence-electron chi connectivity index (χ1n) is 14.5. The predicted molar refractivity (Wildman–Crippen MR) is 167 cm³/mol. The Kier molecular flexibility index (Phi) is 10.6. The van der Waals surface area contributed by atoms with E-state index in [4.69, 9.17) is 19.9 Å². The Hall–Kier alpha value is -3.07. The summed E-state index contributed by atoms with van der Waals surface area (Å²) >= 11 is 0. The van der Waals surface area contributed by atoms with Crippen LogP contribution in [0.3, 0.4) is 0 Å². The molecule has 2 aromatic carbocycles. The van der Waals surface area contributed by atoms with Gasteiger partial charge in [-0.15, -0.1) is 0 Å². The molecule has 4 N–H and O–H groups in total. The lowest BCUT2D eigenvalue weighted by Crippen LogP contribution is -2.36. The zero-order valence-corrected chi connectivity index (χ0v) is 25.8. The third-order valence-electron chi connectivity index (χ3n) is 7.78. The Labute approximate surface area is 247 Å². The van der Waals surface area contributed by atoms with Crippen molar-refractivity contribution in [3.8, 4) is 5.75 Å². The molecule has 0 aliphatic heterocycles. The number of fused-ring (bicyclic) bond motifs is 3. The summed E-state index contributed by atoms with van der Waals surface area (Å²) in [5.41, 5.74) is 11.7. The van der Waals surface area contributed by atoms with E-state index in [0.717, 1.165) is 57.1 Å². The molecule has 0 bridgehead atoms. The zero-order chi connectivity index (χ0) is 30.3. The van der Waals surface area contributed by atoms with Crippen LogP contribution >= 0.6 is 7.60 Å². The molecule has 0 saturated heterocycles. The van der Waals surface area contributed by atoms with Gasteiger partial charge < -0.3 is 29.7 Å². The second kappa shape index (κ2) is 13.9. The van der Waals surface area contributed by atoms with Gasteiger partial charge in [-0.25, -0.2) is 4.98 Å². The molecule has 9 nitrogen and oxygen atoms in total. The number of nitrogen functional groups attached to an aromatic ring is 1. The Balaban J connectivity index is 1.26. The minimum Gasteiger partial charge on any atom is -0.491 e. The predicted octanol–water partition coefficient (Wildman–Crippen LogP) is 5.92. The molecule has 0 fully saturated rings. The summed E-state index contributed by atoms with van der Waals surface area (Å²) in [6, 6.07) is 14.5. The van der Waals surface area contributed by atoms with Crippen LogP contribution in [0.1, 0.15) is 48.9 Å². The Bertz CT molecular complexity index is 1570. The summed E-state index contributed by atoms with van der Waals surface area (Å²) in [6.45, 7) is 9.25. The highest BCUT2D eigenvalue weighted by atomic mass is 31.2. The lowest BCUT2D eigenvalue weighted by Gasteiger charge is -2.32. The zero-order valence-electron chi connectivity index (χ0n) is 24.9. The maximum atomic E-state index is 11.5. The van der Waals surface area contributed by atoms with E-state index in [1.54, 1.807) is 0 Å². The van der Waals surface area contributed by atoms with E-state index in [9.17, 15) is 14.4 Å². The first kappa shape index (κ1) is 31.9. The number of pyridine rings is 2. The molecule has 10 heteroatoms. The summed E-state index contributed by atoms with van der Waals surface area (Å²) in [4.78, 5) is 27.9. The number of aromatic nitrogens is 2. The molecule has 0 unspecified atom stereocenters. The molecule has 42 heavy (non-hydrogen) atoms. The van der Waals surface area contributed by atoms with Gasteiger partial charge in [0.2, 0.25) is 0 Å². The van der Waals surface area contributed by atoms with E-state index < -0.39 is 13.2 Å². The van der Waals surface area contributed by atoms with Crippen molar-refractivity contribution in [3.05, 3.63) is 70.9 Å². The van der Waals surface area contributed by atoms with Crippen LogP contribution in [0.2, 0.25) is 0 Å². The average molecular weight is 596 g/mol. The van der Waals surface area contributed by atoms with E-state index in [2.05, 4.69) is 41.2 Å². The molecular weight excluding hydrogens is 553 g/mol. The fourth-order valence-corrected chi connectivity index (χ4v) is 6.54. The Morgan fingerprint density at radius 2 is 1.69 bits per heavy atom. The highest BCUT2D eigenvalue weighted by Crippen LogP contribution is 2.42. The van der Waals surface area contributed by atoms with Crippen molar-refractivity contribution in [1.82, 2.24) is 9.97 Å². The summed E-state index contributed by atoms with van der Waals surface area (Å²) in [5.74, 6) is 1.24. The second-order valence-corrected chi connectivity index (χ2v) is 12.5. The minimum absolute atomic E-state index is 0.266. The fourth-order valence-electron chi connectivity index (χ4n) is 5.25. The van der Waals surface area contributed by atoms with Gasteiger partial charge in [-0.3, -0.25) is 9.55 Å². The first-order chi connectivity index (χ1) is 20.0. The van der Waals surface area contributed by atoms with Gasteiger partial charge in [0.05, 0.1) is 37.1 Å². The van der Waals surface area contributed by atoms with Crippen molar-refractivity contribution in [2.45, 2.75) is 59.0 Å². The van der Waals surface area contributed by atoms with Gasteiger partial charge in [0.25, 0.3) is 0 Å². The molecule has 0 spiro atoms. The van der Waals surface area contributed by atoms with E-state index in [0.29, 0.717) is 38.5 Å². The largest absolute Gasteiger partial charge is 0.491 e. The monoisotopic (exact) mass is 595 g/mol. The van der Waals surface area contributed by atoms with Crippen molar-refractivity contribution in [1.29, 1.82) is 0 Å². The molecule has 0 aliphatic rings. The number of aryl methyl sites for hydroxylation is 4. The third-order valence-corrected chi connectivity index (χ3v) is 8.77. The van der Waals surface area contributed by atoms with Crippen LogP contribution in [-0.2, 0) is 26.9 Å². The van der Waals surface area contributed by atoms with Crippen molar-refractivity contribution in [3.63, 3.8) is 0 Å². The van der Waals surface area contributed by atoms with E-state index in [1.807, 2.05) is 45.2 Å². The van der Waals surface area contributed by atoms with Crippen LogP contribution in [-0.4, -0.2) is 57.9 Å². The first-order valence-corrected chi connectivity index (χ1v) is 16.3. The number of benzene rings is 2. The van der Waals surface area contributed by atoms with Gasteiger partial charge in [-0.2, -0.15) is 0 Å². The van der Waals surface area contributed by atoms with Crippen molar-refractivity contribution >= 4 is 35.2 Å². The van der Waals surface area contributed by atoms with Gasteiger partial charge in [-0.1, -0.05) is 32.0 Å². The molecule has 4 aromatic rings. The molecule has 0 saturated carbocycles. The van der Waals surface area contributed by atoms with Crippen LogP contribution in [0.15, 0.2) is 48.7 Å². The number of hydrogen-bond donors (Lipinski definition) is 3. The highest BCUT2D eigenvalue weighted by molar-refractivity contribution is 7.51. The molecule has 2 aromatic heterocycles. The van der Waals surface area contributed by atoms with Crippen LogP contribution in [0, 0.1) is 13.8 Å². The molecule has 0 radical (unpaired) electrons. The van der Waals surface area contributed by atoms with Crippen molar-refractivity contribution < 1.29 is 28.6 Å². The Morgan fingerprint density at radius 1 is 0.929 bits per heavy atom. The van der Waals surface area contributed by atoms with Crippen molar-refractivity contribution in [2.24, 2.45) is 0 Å². The second-order valence-electron chi connectivity index (χ2n) is 10.9. The molecular formula is C32H42N3O6P. The molecule has 0 atom stereocenters. The molecule has 2 heterocycles. The lowest BCUT2D eigenvalue weighted by molar-refractivity contribution is -0.0624. The number of anilines is 1. The molecule has 226 valence electrons. The number of nitrogens with two attached hydrogens (primary N) is 1. The van der Waals surface area contributed by atoms with Crippen LogP contribution in [0.25, 0.3) is 21.8 Å². The maximum absolute atomic E-state index is 11.5. The fraction of sp³-hybridized carbons (Fsp3) is 0.438. The quantitative estimate of drug-likeness (QED) is 0.0869. The van der Waals surface area contributed by atoms with Gasteiger partial charge in [0, 0.05) is 17.0 Å². The number of nitrogens with zero attached hydrogens (tertiary/aromatic N) is 2. The maximum Gasteiger partial charge on any atom is 0.328 e. The molecule has 0 aliphatic carbocycles. The van der Waals surface area contributed by atoms with Gasteiger partial charge in [-0.05, 0) is 86.1 Å². The van der Waals surface area contributed by atoms with Crippen LogP contribution in [0.5, 0.6) is 5.75 Å². The minimum atomic E-state index is -4.16. The Morgan fingerprint density at radius 3 is 2.40 bits per heavy atom. The standard InChI is InChI=1S/C32H42N3O6P/c1-5-32(6-2,21-42(36,37)38)41-16-14-39-13-15-40-26-11-10-25(23(4)18-26)9-8-24-19-28-27-12-7-22(3)17-29(27)35-31(33)30(28)34-20-24/h7,10-12,17-20H,5-6,8-9,13-16,21H2,1-4H3,(H2,33,35)(H2,36,37,38). The number of hydrogen-bond acceptors (Lipinski definition) is 7. The summed E-state index contributed by atoms with van der Waals surface area (Å²) in [6.07, 6.45) is 4.38. The molecule has 4 rings (SSSR count). The molecule has 0 amide bonds. The van der Waals surface area contributed by atoms with Crippen LogP contribution in [0.4, 0.5) is 5.82 Å². The van der Waals surface area contributed by atoms with E-state index in [1.165, 1.54) is 5.56 Å². The topological polar surface area (TPSA) is 137 Å². The smallest absolute Gasteiger partial charge is 0.328 e. The number of rotatable bonds is 15. The normalized spacial score (nSPS) is 12.3. The number of ether oxygens (including phenoxy) is 3. The summed E-state index contributed by atoms with van der Waals surface area (Å²) in [5, 5.41) is 2.09. The summed E-state index contributed by atoms with van der Waals surface area (Å²) < 4.78 is 28.8. The average Bonchev–Trinajstić information content (AvgIpc) is 2.94. The van der Waals surface area contributed by atoms with Crippen molar-refractivity contribution in [2.75, 3.05) is 38.3 Å². The highest BCUT2D eigenvalue weighted by Gasteiger charge is 2.34. The van der Waals surface area contributed by atoms with Gasteiger partial charge in [0.15, 0.2) is 5.82 Å². The van der Waals surface area contributed by atoms with Crippen LogP contribution < -0.4 is 10.5 Å². The third kappa shape index (κ3) is 8.27. The van der Waals surface area contributed by atoms with Gasteiger partial charge in [0.1, 0.15) is 17.9 Å².